The monoisotopic (exact) mass is 434 g/mol. The lowest BCUT2D eigenvalue weighted by molar-refractivity contribution is 0.0906. The predicted octanol–water partition coefficient (Wildman–Crippen LogP) is 8.69. The summed E-state index contributed by atoms with van der Waals surface area (Å²) in [4.78, 5) is 1.09. The molecule has 0 aliphatic carbocycles. The molecule has 0 radical (unpaired) electrons. The van der Waals surface area contributed by atoms with Crippen molar-refractivity contribution < 1.29 is 9.84 Å². The molecule has 172 valence electrons. The Morgan fingerprint density at radius 2 is 1.50 bits per heavy atom. The molecule has 0 amide bonds. The Balaban J connectivity index is 1.69. The van der Waals surface area contributed by atoms with Crippen LogP contribution in [0.1, 0.15) is 104 Å². The molecule has 0 saturated heterocycles. The first-order chi connectivity index (χ1) is 14.1. The summed E-state index contributed by atoms with van der Waals surface area (Å²) in [7, 11) is 0. The molecular weight excluding hydrogens is 388 g/mol. The van der Waals surface area contributed by atoms with Gasteiger partial charge in [0, 0.05) is 5.75 Å². The number of fused-ring (bicyclic) bond motifs is 1. The molecule has 1 aromatic carbocycles. The highest BCUT2D eigenvalue weighted by Crippen LogP contribution is 2.46. The van der Waals surface area contributed by atoms with Gasteiger partial charge in [-0.25, -0.2) is 0 Å². The Morgan fingerprint density at radius 1 is 0.933 bits per heavy atom. The Bertz CT molecular complexity index is 669. The first-order valence-corrected chi connectivity index (χ1v) is 13.2. The number of thioether (sulfide) groups is 1. The van der Waals surface area contributed by atoms with Gasteiger partial charge in [-0.1, -0.05) is 72.6 Å². The third-order valence-corrected chi connectivity index (χ3v) is 8.30. The third kappa shape index (κ3) is 7.70. The Kier molecular flexibility index (Phi) is 9.91. The fourth-order valence-electron chi connectivity index (χ4n) is 4.51. The van der Waals surface area contributed by atoms with E-state index in [4.69, 9.17) is 4.74 Å². The van der Waals surface area contributed by atoms with Gasteiger partial charge in [0.1, 0.15) is 17.1 Å². The van der Waals surface area contributed by atoms with Crippen molar-refractivity contribution in [2.45, 2.75) is 117 Å². The summed E-state index contributed by atoms with van der Waals surface area (Å²) in [5.41, 5.74) is 1.92. The quantitative estimate of drug-likeness (QED) is 0.357. The van der Waals surface area contributed by atoms with Gasteiger partial charge in [0.15, 0.2) is 0 Å². The standard InChI is InChI=1S/C27H46O2S/c1-19(2)11-8-12-20(3)13-9-14-21(4)15-10-16-27(7)18-30-25-17-24(28)22(5)23(6)26(25)29-27/h17,19-21,28H,8-16,18H2,1-7H3/t20-,21-,27?/m1/s1. The zero-order valence-electron chi connectivity index (χ0n) is 20.6. The van der Waals surface area contributed by atoms with E-state index in [0.717, 1.165) is 51.7 Å². The van der Waals surface area contributed by atoms with Crippen molar-refractivity contribution in [2.75, 3.05) is 5.75 Å². The SMILES string of the molecule is Cc1c(O)cc2c(c1C)OC(C)(CCC[C@H](C)CCC[C@H](C)CCCC(C)C)CS2. The molecule has 2 rings (SSSR count). The first-order valence-electron chi connectivity index (χ1n) is 12.3. The molecule has 3 heteroatoms. The average molecular weight is 435 g/mol. The van der Waals surface area contributed by atoms with Crippen LogP contribution in [0.15, 0.2) is 11.0 Å². The lowest BCUT2D eigenvalue weighted by Gasteiger charge is -2.37. The summed E-state index contributed by atoms with van der Waals surface area (Å²) in [5.74, 6) is 4.87. The zero-order chi connectivity index (χ0) is 22.3. The van der Waals surface area contributed by atoms with Crippen LogP contribution >= 0.6 is 11.8 Å². The van der Waals surface area contributed by atoms with Crippen LogP contribution in [0, 0.1) is 31.6 Å². The molecule has 0 saturated carbocycles. The van der Waals surface area contributed by atoms with Gasteiger partial charge in [-0.05, 0) is 68.6 Å². The van der Waals surface area contributed by atoms with Gasteiger partial charge in [0.25, 0.3) is 0 Å². The summed E-state index contributed by atoms with van der Waals surface area (Å²) in [5, 5.41) is 10.1. The molecule has 1 unspecified atom stereocenters. The number of hydrogen-bond donors (Lipinski definition) is 1. The highest BCUT2D eigenvalue weighted by Gasteiger charge is 2.33. The van der Waals surface area contributed by atoms with Gasteiger partial charge in [-0.15, -0.1) is 11.8 Å². The summed E-state index contributed by atoms with van der Waals surface area (Å²) < 4.78 is 6.50. The van der Waals surface area contributed by atoms with Gasteiger partial charge < -0.3 is 9.84 Å². The van der Waals surface area contributed by atoms with E-state index in [-0.39, 0.29) is 5.60 Å². The molecule has 1 aliphatic heterocycles. The maximum atomic E-state index is 10.1. The molecule has 0 aromatic heterocycles. The van der Waals surface area contributed by atoms with Crippen molar-refractivity contribution in [3.63, 3.8) is 0 Å². The minimum Gasteiger partial charge on any atom is -0.508 e. The van der Waals surface area contributed by atoms with Crippen LogP contribution in [-0.2, 0) is 0 Å². The molecular formula is C27H46O2S. The normalized spacial score (nSPS) is 20.7. The van der Waals surface area contributed by atoms with Gasteiger partial charge in [-0.2, -0.15) is 0 Å². The van der Waals surface area contributed by atoms with Crippen molar-refractivity contribution in [3.05, 3.63) is 17.2 Å². The van der Waals surface area contributed by atoms with Gasteiger partial charge in [0.2, 0.25) is 0 Å². The van der Waals surface area contributed by atoms with Crippen LogP contribution in [0.25, 0.3) is 0 Å². The van der Waals surface area contributed by atoms with Crippen molar-refractivity contribution in [3.8, 4) is 11.5 Å². The number of hydrogen-bond acceptors (Lipinski definition) is 3. The number of phenolic OH excluding ortho intramolecular Hbond substituents is 1. The van der Waals surface area contributed by atoms with Gasteiger partial charge >= 0.3 is 0 Å². The number of benzene rings is 1. The topological polar surface area (TPSA) is 29.5 Å². The minimum absolute atomic E-state index is 0.101. The lowest BCUT2D eigenvalue weighted by Crippen LogP contribution is -2.38. The van der Waals surface area contributed by atoms with E-state index in [1.807, 2.05) is 24.8 Å². The number of rotatable bonds is 12. The van der Waals surface area contributed by atoms with Gasteiger partial charge in [0.05, 0.1) is 4.90 Å². The molecule has 30 heavy (non-hydrogen) atoms. The first kappa shape index (κ1) is 25.4. The molecule has 1 heterocycles. The fourth-order valence-corrected chi connectivity index (χ4v) is 5.70. The Morgan fingerprint density at radius 3 is 2.10 bits per heavy atom. The Hall–Kier alpha value is -0.830. The van der Waals surface area contributed by atoms with Crippen molar-refractivity contribution in [1.82, 2.24) is 0 Å². The number of aromatic hydroxyl groups is 1. The summed E-state index contributed by atoms with van der Waals surface area (Å²) >= 11 is 1.83. The van der Waals surface area contributed by atoms with E-state index in [9.17, 15) is 5.11 Å². The fraction of sp³-hybridized carbons (Fsp3) is 0.778. The predicted molar refractivity (Wildman–Crippen MR) is 132 cm³/mol. The zero-order valence-corrected chi connectivity index (χ0v) is 21.5. The highest BCUT2D eigenvalue weighted by atomic mass is 32.2. The Labute approximate surface area is 190 Å². The van der Waals surface area contributed by atoms with Crippen molar-refractivity contribution in [1.29, 1.82) is 0 Å². The van der Waals surface area contributed by atoms with E-state index < -0.39 is 0 Å². The molecule has 0 bridgehead atoms. The van der Waals surface area contributed by atoms with Crippen LogP contribution in [0.2, 0.25) is 0 Å². The van der Waals surface area contributed by atoms with Crippen LogP contribution in [-0.4, -0.2) is 16.5 Å². The molecule has 0 fully saturated rings. The minimum atomic E-state index is -0.101. The van der Waals surface area contributed by atoms with Crippen LogP contribution in [0.3, 0.4) is 0 Å². The summed E-state index contributed by atoms with van der Waals surface area (Å²) in [6.45, 7) is 15.8. The van der Waals surface area contributed by atoms with E-state index in [0.29, 0.717) is 5.75 Å². The maximum Gasteiger partial charge on any atom is 0.137 e. The molecule has 3 atom stereocenters. The second-order valence-electron chi connectivity index (χ2n) is 10.7. The van der Waals surface area contributed by atoms with Crippen molar-refractivity contribution >= 4 is 11.8 Å². The summed E-state index contributed by atoms with van der Waals surface area (Å²) in [6.07, 6.45) is 11.9. The lowest BCUT2D eigenvalue weighted by atomic mass is 9.90. The third-order valence-electron chi connectivity index (χ3n) is 6.94. The maximum absolute atomic E-state index is 10.1. The van der Waals surface area contributed by atoms with E-state index in [1.54, 1.807) is 0 Å². The van der Waals surface area contributed by atoms with Gasteiger partial charge in [-0.3, -0.25) is 0 Å². The highest BCUT2D eigenvalue weighted by molar-refractivity contribution is 7.99. The number of ether oxygens (including phenoxy) is 1. The van der Waals surface area contributed by atoms with E-state index in [2.05, 4.69) is 41.5 Å². The van der Waals surface area contributed by atoms with Crippen molar-refractivity contribution in [2.24, 2.45) is 17.8 Å². The molecule has 0 spiro atoms. The smallest absolute Gasteiger partial charge is 0.137 e. The van der Waals surface area contributed by atoms with E-state index >= 15 is 0 Å². The largest absolute Gasteiger partial charge is 0.508 e. The number of phenols is 1. The molecule has 1 N–H and O–H groups in total. The summed E-state index contributed by atoms with van der Waals surface area (Å²) in [6, 6.07) is 1.87. The van der Waals surface area contributed by atoms with Crippen LogP contribution in [0.4, 0.5) is 0 Å². The second kappa shape index (κ2) is 11.7. The molecule has 1 aromatic rings. The van der Waals surface area contributed by atoms with Crippen LogP contribution < -0.4 is 4.74 Å². The van der Waals surface area contributed by atoms with Crippen LogP contribution in [0.5, 0.6) is 11.5 Å². The van der Waals surface area contributed by atoms with E-state index in [1.165, 1.54) is 51.4 Å². The second-order valence-corrected chi connectivity index (χ2v) is 11.7. The molecule has 1 aliphatic rings. The molecule has 2 nitrogen and oxygen atoms in total. The average Bonchev–Trinajstić information content (AvgIpc) is 2.67.